The molecule has 0 bridgehead atoms. The fourth-order valence-corrected chi connectivity index (χ4v) is 3.04. The van der Waals surface area contributed by atoms with Crippen molar-refractivity contribution in [3.63, 3.8) is 0 Å². The lowest BCUT2D eigenvalue weighted by atomic mass is 9.82. The van der Waals surface area contributed by atoms with E-state index in [2.05, 4.69) is 38.1 Å². The van der Waals surface area contributed by atoms with Gasteiger partial charge in [0.1, 0.15) is 0 Å². The average molecular weight is 218 g/mol. The molecule has 0 spiro atoms. The molecule has 0 radical (unpaired) electrons. The first-order chi connectivity index (χ1) is 7.70. The van der Waals surface area contributed by atoms with Crippen molar-refractivity contribution in [1.29, 1.82) is 0 Å². The molecular weight excluding hydrogens is 196 g/mol. The maximum atomic E-state index is 10.8. The number of benzene rings is 1. The molecule has 0 aliphatic heterocycles. The third-order valence-corrected chi connectivity index (χ3v) is 4.11. The summed E-state index contributed by atoms with van der Waals surface area (Å²) >= 11 is 0. The second-order valence-electron chi connectivity index (χ2n) is 4.98. The van der Waals surface area contributed by atoms with Crippen molar-refractivity contribution in [2.24, 2.45) is 5.92 Å². The highest BCUT2D eigenvalue weighted by Gasteiger charge is 2.41. The molecule has 1 aromatic rings. The van der Waals surface area contributed by atoms with Gasteiger partial charge in [-0.15, -0.1) is 0 Å². The molecule has 1 saturated carbocycles. The molecule has 1 fully saturated rings. The summed E-state index contributed by atoms with van der Waals surface area (Å²) in [4.78, 5) is 0. The summed E-state index contributed by atoms with van der Waals surface area (Å²) in [5, 5.41) is 10.8. The van der Waals surface area contributed by atoms with Gasteiger partial charge in [-0.25, -0.2) is 0 Å². The van der Waals surface area contributed by atoms with Gasteiger partial charge in [-0.1, -0.05) is 44.5 Å². The van der Waals surface area contributed by atoms with E-state index in [1.165, 1.54) is 12.0 Å². The molecule has 1 aliphatic carbocycles. The fraction of sp³-hybridized carbons (Fsp3) is 0.600. The summed E-state index contributed by atoms with van der Waals surface area (Å²) in [6.07, 6.45) is 5.38. The number of aliphatic hydroxyl groups is 1. The number of hydrogen-bond donors (Lipinski definition) is 1. The standard InChI is InChI=1S/C15H22O/c1-3-12-7-5-8-14(11-12)15(16)10-6-9-13(15)4-2/h5,7-8,11,13,16H,3-4,6,9-10H2,1-2H3. The lowest BCUT2D eigenvalue weighted by Crippen LogP contribution is -2.29. The van der Waals surface area contributed by atoms with Gasteiger partial charge in [-0.3, -0.25) is 0 Å². The van der Waals surface area contributed by atoms with Gasteiger partial charge in [0, 0.05) is 0 Å². The van der Waals surface area contributed by atoms with E-state index >= 15 is 0 Å². The SMILES string of the molecule is CCc1cccc(C2(O)CCCC2CC)c1. The van der Waals surface area contributed by atoms with Gasteiger partial charge in [0.25, 0.3) is 0 Å². The van der Waals surface area contributed by atoms with Crippen molar-refractivity contribution in [1.82, 2.24) is 0 Å². The van der Waals surface area contributed by atoms with E-state index in [9.17, 15) is 5.11 Å². The fourth-order valence-electron chi connectivity index (χ4n) is 3.04. The van der Waals surface area contributed by atoms with Crippen molar-refractivity contribution in [2.45, 2.75) is 51.6 Å². The lowest BCUT2D eigenvalue weighted by molar-refractivity contribution is -0.00393. The van der Waals surface area contributed by atoms with Crippen LogP contribution in [-0.2, 0) is 12.0 Å². The van der Waals surface area contributed by atoms with E-state index in [1.807, 2.05) is 0 Å². The second kappa shape index (κ2) is 4.58. The van der Waals surface area contributed by atoms with Gasteiger partial charge in [0.2, 0.25) is 0 Å². The van der Waals surface area contributed by atoms with Gasteiger partial charge in [0.05, 0.1) is 5.60 Å². The summed E-state index contributed by atoms with van der Waals surface area (Å²) in [5.41, 5.74) is 1.91. The molecule has 0 heterocycles. The summed E-state index contributed by atoms with van der Waals surface area (Å²) in [6.45, 7) is 4.35. The van der Waals surface area contributed by atoms with Crippen LogP contribution >= 0.6 is 0 Å². The summed E-state index contributed by atoms with van der Waals surface area (Å²) in [5.74, 6) is 0.444. The third-order valence-electron chi connectivity index (χ3n) is 4.11. The summed E-state index contributed by atoms with van der Waals surface area (Å²) < 4.78 is 0. The number of rotatable bonds is 3. The van der Waals surface area contributed by atoms with Crippen LogP contribution in [0.5, 0.6) is 0 Å². The Labute approximate surface area is 98.5 Å². The van der Waals surface area contributed by atoms with Crippen LogP contribution in [0.1, 0.15) is 50.7 Å². The summed E-state index contributed by atoms with van der Waals surface area (Å²) in [7, 11) is 0. The van der Waals surface area contributed by atoms with Gasteiger partial charge < -0.3 is 5.11 Å². The van der Waals surface area contributed by atoms with Crippen LogP contribution in [0.3, 0.4) is 0 Å². The predicted octanol–water partition coefficient (Wildman–Crippen LogP) is 3.65. The number of hydrogen-bond acceptors (Lipinski definition) is 1. The van der Waals surface area contributed by atoms with Gasteiger partial charge in [0.15, 0.2) is 0 Å². The average Bonchev–Trinajstić information content (AvgIpc) is 2.72. The normalized spacial score (nSPS) is 29.6. The minimum atomic E-state index is -0.556. The van der Waals surface area contributed by atoms with Crippen molar-refractivity contribution >= 4 is 0 Å². The maximum absolute atomic E-state index is 10.8. The highest BCUT2D eigenvalue weighted by Crippen LogP contribution is 2.45. The van der Waals surface area contributed by atoms with Crippen molar-refractivity contribution in [3.05, 3.63) is 35.4 Å². The van der Waals surface area contributed by atoms with Crippen molar-refractivity contribution < 1.29 is 5.11 Å². The first-order valence-electron chi connectivity index (χ1n) is 6.52. The van der Waals surface area contributed by atoms with Crippen molar-refractivity contribution in [3.8, 4) is 0 Å². The van der Waals surface area contributed by atoms with Crippen LogP contribution in [0.2, 0.25) is 0 Å². The molecule has 0 aromatic heterocycles. The van der Waals surface area contributed by atoms with E-state index in [1.54, 1.807) is 0 Å². The highest BCUT2D eigenvalue weighted by atomic mass is 16.3. The topological polar surface area (TPSA) is 20.2 Å². The largest absolute Gasteiger partial charge is 0.385 e. The number of aryl methyl sites for hydroxylation is 1. The Kier molecular flexibility index (Phi) is 3.34. The van der Waals surface area contributed by atoms with E-state index in [0.717, 1.165) is 31.2 Å². The molecule has 2 unspecified atom stereocenters. The molecule has 0 amide bonds. The second-order valence-corrected chi connectivity index (χ2v) is 4.98. The molecule has 1 heteroatoms. The molecule has 2 atom stereocenters. The third kappa shape index (κ3) is 1.89. The zero-order valence-corrected chi connectivity index (χ0v) is 10.4. The molecule has 1 aliphatic rings. The Balaban J connectivity index is 2.34. The highest BCUT2D eigenvalue weighted by molar-refractivity contribution is 5.29. The Hall–Kier alpha value is -0.820. The Morgan fingerprint density at radius 2 is 2.19 bits per heavy atom. The van der Waals surface area contributed by atoms with E-state index in [0.29, 0.717) is 5.92 Å². The molecule has 1 aromatic carbocycles. The van der Waals surface area contributed by atoms with E-state index < -0.39 is 5.60 Å². The molecule has 1 nitrogen and oxygen atoms in total. The Bertz CT molecular complexity index is 358. The molecular formula is C15H22O. The quantitative estimate of drug-likeness (QED) is 0.821. The molecule has 2 rings (SSSR count). The molecule has 1 N–H and O–H groups in total. The van der Waals surface area contributed by atoms with Crippen LogP contribution < -0.4 is 0 Å². The van der Waals surface area contributed by atoms with Crippen LogP contribution in [-0.4, -0.2) is 5.11 Å². The smallest absolute Gasteiger partial charge is 0.0924 e. The molecule has 16 heavy (non-hydrogen) atoms. The van der Waals surface area contributed by atoms with E-state index in [-0.39, 0.29) is 0 Å². The predicted molar refractivity (Wildman–Crippen MR) is 67.3 cm³/mol. The van der Waals surface area contributed by atoms with Crippen LogP contribution in [0, 0.1) is 5.92 Å². The minimum absolute atomic E-state index is 0.444. The van der Waals surface area contributed by atoms with Crippen LogP contribution in [0.4, 0.5) is 0 Å². The van der Waals surface area contributed by atoms with Crippen LogP contribution in [0.15, 0.2) is 24.3 Å². The minimum Gasteiger partial charge on any atom is -0.385 e. The lowest BCUT2D eigenvalue weighted by Gasteiger charge is -2.30. The zero-order valence-electron chi connectivity index (χ0n) is 10.4. The van der Waals surface area contributed by atoms with Crippen LogP contribution in [0.25, 0.3) is 0 Å². The van der Waals surface area contributed by atoms with Crippen molar-refractivity contribution in [2.75, 3.05) is 0 Å². The summed E-state index contributed by atoms with van der Waals surface area (Å²) in [6, 6.07) is 8.50. The maximum Gasteiger partial charge on any atom is 0.0924 e. The monoisotopic (exact) mass is 218 g/mol. The Morgan fingerprint density at radius 3 is 2.88 bits per heavy atom. The molecule has 88 valence electrons. The van der Waals surface area contributed by atoms with Gasteiger partial charge >= 0.3 is 0 Å². The zero-order chi connectivity index (χ0) is 11.6. The van der Waals surface area contributed by atoms with Gasteiger partial charge in [-0.2, -0.15) is 0 Å². The Morgan fingerprint density at radius 1 is 1.38 bits per heavy atom. The molecule has 0 saturated heterocycles. The van der Waals surface area contributed by atoms with E-state index in [4.69, 9.17) is 0 Å². The van der Waals surface area contributed by atoms with Gasteiger partial charge in [-0.05, 0) is 42.7 Å². The first-order valence-corrected chi connectivity index (χ1v) is 6.52. The first kappa shape index (κ1) is 11.7.